The van der Waals surface area contributed by atoms with Crippen LogP contribution in [0.2, 0.25) is 0 Å². The second-order valence-corrected chi connectivity index (χ2v) is 4.51. The quantitative estimate of drug-likeness (QED) is 0.803. The van der Waals surface area contributed by atoms with Crippen molar-refractivity contribution in [2.24, 2.45) is 0 Å². The molecule has 2 rings (SSSR count). The molecule has 0 spiro atoms. The number of carbonyl (C=O) groups is 1. The molecule has 5 heteroatoms. The monoisotopic (exact) mass is 271 g/mol. The van der Waals surface area contributed by atoms with Crippen LogP contribution in [0.4, 0.5) is 16.2 Å². The van der Waals surface area contributed by atoms with E-state index in [4.69, 9.17) is 0 Å². The van der Waals surface area contributed by atoms with Crippen LogP contribution in [0.3, 0.4) is 0 Å². The summed E-state index contributed by atoms with van der Waals surface area (Å²) in [5.41, 5.74) is 2.89. The van der Waals surface area contributed by atoms with Gasteiger partial charge < -0.3 is 15.7 Å². The zero-order valence-electron chi connectivity index (χ0n) is 11.4. The molecule has 0 aliphatic rings. The fraction of sp³-hybridized carbons (Fsp3) is 0.200. The van der Waals surface area contributed by atoms with Crippen molar-refractivity contribution >= 4 is 17.4 Å². The number of nitrogens with zero attached hydrogens (tertiary/aromatic N) is 1. The molecule has 0 bridgehead atoms. The number of aliphatic hydroxyl groups excluding tert-OH is 1. The molecule has 2 aromatic rings. The van der Waals surface area contributed by atoms with Crippen molar-refractivity contribution in [3.63, 3.8) is 0 Å². The first kappa shape index (κ1) is 14.0. The Morgan fingerprint density at radius 3 is 2.50 bits per heavy atom. The lowest BCUT2D eigenvalue weighted by Crippen LogP contribution is -2.20. The van der Waals surface area contributed by atoms with E-state index in [9.17, 15) is 9.90 Å². The van der Waals surface area contributed by atoms with Gasteiger partial charge in [-0.15, -0.1) is 0 Å². The molecule has 3 N–H and O–H groups in total. The number of hydrogen-bond donors (Lipinski definition) is 3. The molecular formula is C15H17N3O2. The average molecular weight is 271 g/mol. The highest BCUT2D eigenvalue weighted by atomic mass is 16.3. The first-order valence-corrected chi connectivity index (χ1v) is 6.34. The van der Waals surface area contributed by atoms with Gasteiger partial charge in [0.15, 0.2) is 0 Å². The number of nitrogens with one attached hydrogen (secondary N) is 2. The minimum absolute atomic E-state index is 0.328. The lowest BCUT2D eigenvalue weighted by Gasteiger charge is -2.10. The highest BCUT2D eigenvalue weighted by Crippen LogP contribution is 2.16. The first-order valence-electron chi connectivity index (χ1n) is 6.34. The summed E-state index contributed by atoms with van der Waals surface area (Å²) in [5.74, 6) is 0. The minimum atomic E-state index is -0.518. The van der Waals surface area contributed by atoms with Gasteiger partial charge in [0.25, 0.3) is 0 Å². The normalized spacial score (nSPS) is 11.8. The third-order valence-corrected chi connectivity index (χ3v) is 2.91. The van der Waals surface area contributed by atoms with Gasteiger partial charge in [-0.2, -0.15) is 0 Å². The molecule has 0 fully saturated rings. The molecule has 104 valence electrons. The van der Waals surface area contributed by atoms with Crippen LogP contribution in [0.5, 0.6) is 0 Å². The number of carbonyl (C=O) groups excluding carboxylic acids is 1. The maximum absolute atomic E-state index is 11.9. The predicted molar refractivity (Wildman–Crippen MR) is 78.7 cm³/mol. The van der Waals surface area contributed by atoms with E-state index in [0.29, 0.717) is 11.4 Å². The van der Waals surface area contributed by atoms with E-state index in [1.807, 2.05) is 6.92 Å². The van der Waals surface area contributed by atoms with Crippen molar-refractivity contribution in [1.29, 1.82) is 0 Å². The van der Waals surface area contributed by atoms with E-state index in [1.165, 1.54) is 0 Å². The maximum atomic E-state index is 11.9. The van der Waals surface area contributed by atoms with E-state index >= 15 is 0 Å². The van der Waals surface area contributed by atoms with Crippen molar-refractivity contribution in [3.8, 4) is 0 Å². The molecule has 1 heterocycles. The largest absolute Gasteiger partial charge is 0.389 e. The fourth-order valence-electron chi connectivity index (χ4n) is 1.75. The molecule has 2 amide bonds. The number of amides is 2. The molecule has 0 aliphatic heterocycles. The van der Waals surface area contributed by atoms with E-state index in [0.717, 1.165) is 11.3 Å². The summed E-state index contributed by atoms with van der Waals surface area (Å²) >= 11 is 0. The molecule has 1 aromatic carbocycles. The number of rotatable bonds is 3. The van der Waals surface area contributed by atoms with Gasteiger partial charge in [-0.1, -0.05) is 12.1 Å². The number of urea groups is 1. The number of aromatic nitrogens is 1. The van der Waals surface area contributed by atoms with Crippen molar-refractivity contribution in [3.05, 3.63) is 53.9 Å². The Kier molecular flexibility index (Phi) is 4.32. The number of aryl methyl sites for hydroxylation is 1. The molecule has 0 radical (unpaired) electrons. The predicted octanol–water partition coefficient (Wildman–Crippen LogP) is 3.09. The molecule has 0 saturated heterocycles. The number of pyridine rings is 1. The van der Waals surface area contributed by atoms with E-state index < -0.39 is 6.10 Å². The second-order valence-electron chi connectivity index (χ2n) is 4.51. The van der Waals surface area contributed by atoms with Crippen LogP contribution in [0.1, 0.15) is 24.3 Å². The highest BCUT2D eigenvalue weighted by molar-refractivity contribution is 6.00. The Hall–Kier alpha value is -2.40. The number of aliphatic hydroxyl groups is 1. The summed E-state index contributed by atoms with van der Waals surface area (Å²) in [6.07, 6.45) is 1.16. The molecule has 20 heavy (non-hydrogen) atoms. The van der Waals surface area contributed by atoms with Crippen LogP contribution in [-0.4, -0.2) is 16.1 Å². The van der Waals surface area contributed by atoms with Crippen LogP contribution in [0, 0.1) is 6.92 Å². The lowest BCUT2D eigenvalue weighted by molar-refractivity contribution is 0.199. The third-order valence-electron chi connectivity index (χ3n) is 2.91. The number of benzene rings is 1. The van der Waals surface area contributed by atoms with Gasteiger partial charge in [0, 0.05) is 11.9 Å². The molecule has 0 saturated carbocycles. The number of hydrogen-bond acceptors (Lipinski definition) is 3. The average Bonchev–Trinajstić information content (AvgIpc) is 2.42. The summed E-state index contributed by atoms with van der Waals surface area (Å²) in [6.45, 7) is 3.52. The Labute approximate surface area is 117 Å². The highest BCUT2D eigenvalue weighted by Gasteiger charge is 2.06. The Balaban J connectivity index is 1.99. The smallest absolute Gasteiger partial charge is 0.323 e. The fourth-order valence-corrected chi connectivity index (χ4v) is 1.75. The Morgan fingerprint density at radius 1 is 1.20 bits per heavy atom. The van der Waals surface area contributed by atoms with Gasteiger partial charge >= 0.3 is 6.03 Å². The van der Waals surface area contributed by atoms with Crippen molar-refractivity contribution in [2.45, 2.75) is 20.0 Å². The Bertz CT molecular complexity index is 594. The molecule has 1 aromatic heterocycles. The van der Waals surface area contributed by atoms with Gasteiger partial charge in [-0.05, 0) is 43.7 Å². The van der Waals surface area contributed by atoms with Gasteiger partial charge in [0.2, 0.25) is 0 Å². The summed E-state index contributed by atoms with van der Waals surface area (Å²) in [5, 5.41) is 14.9. The van der Waals surface area contributed by atoms with Crippen molar-refractivity contribution in [2.75, 3.05) is 10.6 Å². The van der Waals surface area contributed by atoms with Gasteiger partial charge in [0.1, 0.15) is 0 Å². The summed E-state index contributed by atoms with van der Waals surface area (Å²) < 4.78 is 0. The summed E-state index contributed by atoms with van der Waals surface area (Å²) in [7, 11) is 0. The van der Waals surface area contributed by atoms with Crippen LogP contribution in [0.25, 0.3) is 0 Å². The van der Waals surface area contributed by atoms with E-state index in [-0.39, 0.29) is 6.03 Å². The maximum Gasteiger partial charge on any atom is 0.323 e. The molecule has 1 atom stereocenters. The molecule has 1 unspecified atom stereocenters. The van der Waals surface area contributed by atoms with Crippen LogP contribution >= 0.6 is 0 Å². The minimum Gasteiger partial charge on any atom is -0.389 e. The SMILES string of the molecule is Cc1ncccc1NC(=O)Nc1ccc(C(C)O)cc1. The van der Waals surface area contributed by atoms with E-state index in [2.05, 4.69) is 15.6 Å². The van der Waals surface area contributed by atoms with Crippen LogP contribution in [0.15, 0.2) is 42.6 Å². The lowest BCUT2D eigenvalue weighted by atomic mass is 10.1. The summed E-state index contributed by atoms with van der Waals surface area (Å²) in [4.78, 5) is 16.0. The molecular weight excluding hydrogens is 254 g/mol. The van der Waals surface area contributed by atoms with Crippen molar-refractivity contribution < 1.29 is 9.90 Å². The van der Waals surface area contributed by atoms with Gasteiger partial charge in [0.05, 0.1) is 17.5 Å². The standard InChI is InChI=1S/C15H17N3O2/c1-10-14(4-3-9-16-10)18-15(20)17-13-7-5-12(6-8-13)11(2)19/h3-9,11,19H,1-2H3,(H2,17,18,20). The third kappa shape index (κ3) is 3.55. The van der Waals surface area contributed by atoms with Gasteiger partial charge in [-0.25, -0.2) is 4.79 Å². The molecule has 5 nitrogen and oxygen atoms in total. The van der Waals surface area contributed by atoms with Crippen molar-refractivity contribution in [1.82, 2.24) is 4.98 Å². The zero-order chi connectivity index (χ0) is 14.5. The van der Waals surface area contributed by atoms with Gasteiger partial charge in [-0.3, -0.25) is 4.98 Å². The van der Waals surface area contributed by atoms with Crippen LogP contribution in [-0.2, 0) is 0 Å². The van der Waals surface area contributed by atoms with E-state index in [1.54, 1.807) is 49.5 Å². The Morgan fingerprint density at radius 2 is 1.90 bits per heavy atom. The first-order chi connectivity index (χ1) is 9.56. The summed E-state index contributed by atoms with van der Waals surface area (Å²) in [6, 6.07) is 10.3. The molecule has 0 aliphatic carbocycles. The number of anilines is 2. The van der Waals surface area contributed by atoms with Crippen LogP contribution < -0.4 is 10.6 Å². The second kappa shape index (κ2) is 6.16. The topological polar surface area (TPSA) is 74.2 Å². The zero-order valence-corrected chi connectivity index (χ0v) is 11.4.